The lowest BCUT2D eigenvalue weighted by molar-refractivity contribution is -0.139. The zero-order valence-corrected chi connectivity index (χ0v) is 18.9. The van der Waals surface area contributed by atoms with Crippen molar-refractivity contribution in [1.29, 1.82) is 0 Å². The van der Waals surface area contributed by atoms with E-state index >= 15 is 0 Å². The SMILES string of the molecule is CSCOC(=O)CN=C(/C=C(\N)C(F)(F)F)c1ccc(-c2cccc(S(C)(=O)=O)c2)s1. The maximum Gasteiger partial charge on any atom is 0.430 e. The van der Waals surface area contributed by atoms with Crippen LogP contribution in [-0.4, -0.2) is 51.3 Å². The van der Waals surface area contributed by atoms with Gasteiger partial charge in [0.2, 0.25) is 0 Å². The number of sulfone groups is 1. The van der Waals surface area contributed by atoms with Crippen molar-refractivity contribution >= 4 is 44.6 Å². The van der Waals surface area contributed by atoms with Crippen LogP contribution in [0.4, 0.5) is 13.2 Å². The molecule has 1 heterocycles. The average molecular weight is 493 g/mol. The van der Waals surface area contributed by atoms with Crippen molar-refractivity contribution in [3.63, 3.8) is 0 Å². The number of allylic oxidation sites excluding steroid dienone is 2. The molecule has 0 saturated heterocycles. The number of carbonyl (C=O) groups is 1. The lowest BCUT2D eigenvalue weighted by Crippen LogP contribution is -2.21. The Balaban J connectivity index is 2.42. The Kier molecular flexibility index (Phi) is 8.32. The van der Waals surface area contributed by atoms with Crippen molar-refractivity contribution in [2.75, 3.05) is 25.0 Å². The van der Waals surface area contributed by atoms with Crippen LogP contribution in [0.2, 0.25) is 0 Å². The quantitative estimate of drug-likeness (QED) is 0.341. The van der Waals surface area contributed by atoms with Gasteiger partial charge in [-0.2, -0.15) is 13.2 Å². The molecule has 0 unspecified atom stereocenters. The smallest absolute Gasteiger partial charge is 0.430 e. The molecular formula is C19H19F3N2O4S3. The highest BCUT2D eigenvalue weighted by Gasteiger charge is 2.32. The Morgan fingerprint density at radius 1 is 1.29 bits per heavy atom. The molecule has 1 aromatic carbocycles. The molecule has 1 aromatic heterocycles. The zero-order chi connectivity index (χ0) is 23.2. The molecule has 31 heavy (non-hydrogen) atoms. The Labute approximate surface area is 185 Å². The van der Waals surface area contributed by atoms with E-state index in [0.29, 0.717) is 21.4 Å². The number of ether oxygens (including phenoxy) is 1. The first-order valence-electron chi connectivity index (χ1n) is 8.56. The number of hydrogen-bond acceptors (Lipinski definition) is 8. The first kappa shape index (κ1) is 25.0. The van der Waals surface area contributed by atoms with Crippen LogP contribution in [0.3, 0.4) is 0 Å². The third-order valence-electron chi connectivity index (χ3n) is 3.74. The molecule has 2 rings (SSSR count). The van der Waals surface area contributed by atoms with Crippen LogP contribution in [0, 0.1) is 0 Å². The maximum atomic E-state index is 12.9. The third-order valence-corrected chi connectivity index (χ3v) is 6.36. The number of halogens is 3. The minimum atomic E-state index is -4.76. The number of rotatable bonds is 8. The summed E-state index contributed by atoms with van der Waals surface area (Å²) in [5.41, 5.74) is 4.21. The summed E-state index contributed by atoms with van der Waals surface area (Å²) in [5, 5.41) is 0. The molecule has 6 nitrogen and oxygen atoms in total. The fourth-order valence-corrected chi connectivity index (χ4v) is 4.15. The summed E-state index contributed by atoms with van der Waals surface area (Å²) < 4.78 is 67.2. The summed E-state index contributed by atoms with van der Waals surface area (Å²) in [6.45, 7) is -0.478. The molecular weight excluding hydrogens is 473 g/mol. The Morgan fingerprint density at radius 3 is 2.61 bits per heavy atom. The molecule has 0 fully saturated rings. The van der Waals surface area contributed by atoms with E-state index in [0.717, 1.165) is 17.6 Å². The lowest BCUT2D eigenvalue weighted by Gasteiger charge is -2.07. The number of esters is 1. The minimum Gasteiger partial charge on any atom is -0.453 e. The van der Waals surface area contributed by atoms with Gasteiger partial charge < -0.3 is 10.5 Å². The average Bonchev–Trinajstić information content (AvgIpc) is 3.18. The molecule has 2 N–H and O–H groups in total. The molecule has 0 amide bonds. The first-order valence-corrected chi connectivity index (χ1v) is 12.7. The predicted molar refractivity (Wildman–Crippen MR) is 117 cm³/mol. The highest BCUT2D eigenvalue weighted by molar-refractivity contribution is 7.98. The zero-order valence-electron chi connectivity index (χ0n) is 16.5. The molecule has 0 radical (unpaired) electrons. The second-order valence-electron chi connectivity index (χ2n) is 6.19. The number of alkyl halides is 3. The lowest BCUT2D eigenvalue weighted by atomic mass is 10.2. The Morgan fingerprint density at radius 2 is 2.00 bits per heavy atom. The summed E-state index contributed by atoms with van der Waals surface area (Å²) in [4.78, 5) is 16.7. The number of nitrogens with two attached hydrogens (primary N) is 1. The van der Waals surface area contributed by atoms with Gasteiger partial charge in [0.1, 0.15) is 18.2 Å². The standard InChI is InChI=1S/C19H19F3N2O4S3/c1-29-11-28-18(25)10-24-14(9-17(23)19(20,21)22)16-7-6-15(30-16)12-4-3-5-13(8-12)31(2,26)27/h3-9H,10-11,23H2,1-2H3/b17-9-,24-14?. The fraction of sp³-hybridized carbons (Fsp3) is 0.263. The van der Waals surface area contributed by atoms with Crippen LogP contribution < -0.4 is 5.73 Å². The van der Waals surface area contributed by atoms with Crippen LogP contribution in [0.25, 0.3) is 10.4 Å². The van der Waals surface area contributed by atoms with E-state index < -0.39 is 34.2 Å². The summed E-state index contributed by atoms with van der Waals surface area (Å²) in [6, 6.07) is 9.33. The monoisotopic (exact) mass is 492 g/mol. The van der Waals surface area contributed by atoms with Gasteiger partial charge in [-0.05, 0) is 42.2 Å². The minimum absolute atomic E-state index is 0.101. The molecule has 0 atom stereocenters. The van der Waals surface area contributed by atoms with Gasteiger partial charge in [-0.3, -0.25) is 9.79 Å². The van der Waals surface area contributed by atoms with Crippen molar-refractivity contribution in [3.05, 3.63) is 53.0 Å². The highest BCUT2D eigenvalue weighted by Crippen LogP contribution is 2.31. The van der Waals surface area contributed by atoms with Crippen LogP contribution in [0.1, 0.15) is 4.88 Å². The second-order valence-corrected chi connectivity index (χ2v) is 10.1. The largest absolute Gasteiger partial charge is 0.453 e. The summed E-state index contributed by atoms with van der Waals surface area (Å²) >= 11 is 2.35. The van der Waals surface area contributed by atoms with Gasteiger partial charge >= 0.3 is 12.1 Å². The van der Waals surface area contributed by atoms with Crippen molar-refractivity contribution in [2.24, 2.45) is 10.7 Å². The first-order chi connectivity index (χ1) is 14.4. The van der Waals surface area contributed by atoms with Crippen LogP contribution in [0.15, 0.2) is 58.1 Å². The second kappa shape index (κ2) is 10.3. The number of hydrogen-bond donors (Lipinski definition) is 1. The highest BCUT2D eigenvalue weighted by atomic mass is 32.2. The van der Waals surface area contributed by atoms with Gasteiger partial charge in [0, 0.05) is 11.1 Å². The van der Waals surface area contributed by atoms with Crippen molar-refractivity contribution in [1.82, 2.24) is 0 Å². The fourth-order valence-electron chi connectivity index (χ4n) is 2.25. The number of benzene rings is 1. The van der Waals surface area contributed by atoms with Gasteiger partial charge in [-0.1, -0.05) is 12.1 Å². The van der Waals surface area contributed by atoms with E-state index in [1.807, 2.05) is 0 Å². The van der Waals surface area contributed by atoms with Gasteiger partial charge in [0.25, 0.3) is 0 Å². The van der Waals surface area contributed by atoms with Crippen LogP contribution >= 0.6 is 23.1 Å². The molecule has 0 aliphatic rings. The normalized spacial score (nSPS) is 13.3. The molecule has 0 bridgehead atoms. The van der Waals surface area contributed by atoms with Crippen LogP contribution in [0.5, 0.6) is 0 Å². The van der Waals surface area contributed by atoms with E-state index in [9.17, 15) is 26.4 Å². The molecule has 0 aliphatic heterocycles. The van der Waals surface area contributed by atoms with Gasteiger partial charge in [0.15, 0.2) is 9.84 Å². The number of aliphatic imine (C=N–C) groups is 1. The van der Waals surface area contributed by atoms with Crippen molar-refractivity contribution in [2.45, 2.75) is 11.1 Å². The van der Waals surface area contributed by atoms with E-state index in [4.69, 9.17) is 10.5 Å². The molecule has 0 spiro atoms. The van der Waals surface area contributed by atoms with Crippen LogP contribution in [-0.2, 0) is 19.4 Å². The van der Waals surface area contributed by atoms with E-state index in [1.165, 1.54) is 30.0 Å². The number of thiophene rings is 1. The summed E-state index contributed by atoms with van der Waals surface area (Å²) in [5.74, 6) is -0.590. The summed E-state index contributed by atoms with van der Waals surface area (Å²) in [7, 11) is -3.42. The number of thioether (sulfide) groups is 1. The Bertz CT molecular complexity index is 1110. The van der Waals surface area contributed by atoms with Gasteiger partial charge in [0.05, 0.1) is 15.5 Å². The third kappa shape index (κ3) is 7.40. The van der Waals surface area contributed by atoms with E-state index in [1.54, 1.807) is 24.5 Å². The predicted octanol–water partition coefficient (Wildman–Crippen LogP) is 3.88. The van der Waals surface area contributed by atoms with E-state index in [-0.39, 0.29) is 16.5 Å². The molecule has 12 heteroatoms. The molecule has 0 saturated carbocycles. The van der Waals surface area contributed by atoms with Gasteiger partial charge in [-0.15, -0.1) is 23.1 Å². The van der Waals surface area contributed by atoms with E-state index in [2.05, 4.69) is 4.99 Å². The summed E-state index contributed by atoms with van der Waals surface area (Å²) in [6.07, 6.45) is -1.30. The number of carbonyl (C=O) groups excluding carboxylic acids is 1. The number of nitrogens with zero attached hydrogens (tertiary/aromatic N) is 1. The van der Waals surface area contributed by atoms with Crippen molar-refractivity contribution < 1.29 is 31.1 Å². The van der Waals surface area contributed by atoms with Crippen molar-refractivity contribution in [3.8, 4) is 10.4 Å². The molecule has 168 valence electrons. The molecule has 2 aromatic rings. The maximum absolute atomic E-state index is 12.9. The van der Waals surface area contributed by atoms with Gasteiger partial charge in [-0.25, -0.2) is 8.42 Å². The topological polar surface area (TPSA) is 98.8 Å². The Hall–Kier alpha value is -2.31. The molecule has 0 aliphatic carbocycles.